The Morgan fingerprint density at radius 2 is 1.91 bits per heavy atom. The number of urea groups is 1. The van der Waals surface area contributed by atoms with Gasteiger partial charge in [-0.15, -0.1) is 11.3 Å². The van der Waals surface area contributed by atoms with E-state index in [-0.39, 0.29) is 12.6 Å². The molecule has 2 rings (SSSR count). The lowest BCUT2D eigenvalue weighted by Crippen LogP contribution is -2.34. The van der Waals surface area contributed by atoms with E-state index < -0.39 is 0 Å². The molecule has 1 aromatic carbocycles. The van der Waals surface area contributed by atoms with Crippen LogP contribution in [-0.2, 0) is 19.7 Å². The summed E-state index contributed by atoms with van der Waals surface area (Å²) in [5, 5.41) is 17.6. The molecular weight excluding hydrogens is 300 g/mol. The molecule has 2 aromatic rings. The third-order valence-electron chi connectivity index (χ3n) is 3.08. The molecule has 22 heavy (non-hydrogen) atoms. The van der Waals surface area contributed by atoms with Gasteiger partial charge in [-0.25, -0.2) is 9.78 Å². The number of thiazole rings is 1. The van der Waals surface area contributed by atoms with Crippen LogP contribution >= 0.6 is 11.3 Å². The van der Waals surface area contributed by atoms with Gasteiger partial charge in [0.05, 0.1) is 18.8 Å². The Balaban J connectivity index is 1.80. The number of rotatable bonds is 6. The molecule has 1 heterocycles. The second-order valence-corrected chi connectivity index (χ2v) is 5.82. The van der Waals surface area contributed by atoms with Gasteiger partial charge in [-0.05, 0) is 11.1 Å². The molecule has 0 saturated carbocycles. The van der Waals surface area contributed by atoms with E-state index in [1.54, 1.807) is 0 Å². The zero-order valence-corrected chi connectivity index (χ0v) is 13.5. The molecule has 0 radical (unpaired) electrons. The van der Waals surface area contributed by atoms with E-state index in [0.29, 0.717) is 13.1 Å². The second kappa shape index (κ2) is 7.77. The zero-order valence-electron chi connectivity index (χ0n) is 12.7. The average Bonchev–Trinajstić information content (AvgIpc) is 3.00. The highest BCUT2D eigenvalue weighted by molar-refractivity contribution is 7.13. The third-order valence-corrected chi connectivity index (χ3v) is 4.14. The van der Waals surface area contributed by atoms with E-state index in [1.165, 1.54) is 11.3 Å². The number of aromatic nitrogens is 1. The average molecular weight is 320 g/mol. The summed E-state index contributed by atoms with van der Waals surface area (Å²) in [4.78, 5) is 18.1. The number of nitrogens with one attached hydrogen (secondary N) is 2. The first-order chi connectivity index (χ1) is 10.6. The molecule has 0 aliphatic rings. The number of aliphatic hydroxyl groups is 1. The van der Waals surface area contributed by atoms with Crippen LogP contribution in [0.15, 0.2) is 29.6 Å². The molecule has 0 bridgehead atoms. The van der Waals surface area contributed by atoms with E-state index in [2.05, 4.69) is 15.6 Å². The third kappa shape index (κ3) is 4.44. The molecule has 1 aromatic heterocycles. The van der Waals surface area contributed by atoms with Gasteiger partial charge in [0.2, 0.25) is 0 Å². The van der Waals surface area contributed by atoms with Crippen molar-refractivity contribution >= 4 is 22.5 Å². The first-order valence-electron chi connectivity index (χ1n) is 6.91. The summed E-state index contributed by atoms with van der Waals surface area (Å²) in [7, 11) is 3.86. The van der Waals surface area contributed by atoms with Crippen molar-refractivity contribution in [2.24, 2.45) is 0 Å². The molecule has 6 nitrogen and oxygen atoms in total. The number of nitrogens with zero attached hydrogens (tertiary/aromatic N) is 2. The molecule has 3 N–H and O–H groups in total. The highest BCUT2D eigenvalue weighted by Crippen LogP contribution is 2.17. The Bertz CT molecular complexity index is 628. The lowest BCUT2D eigenvalue weighted by atomic mass is 10.1. The van der Waals surface area contributed by atoms with Crippen molar-refractivity contribution in [1.82, 2.24) is 15.6 Å². The number of hydrogen-bond acceptors (Lipinski definition) is 5. The van der Waals surface area contributed by atoms with Crippen molar-refractivity contribution < 1.29 is 9.90 Å². The second-order valence-electron chi connectivity index (χ2n) is 4.98. The van der Waals surface area contributed by atoms with E-state index >= 15 is 0 Å². The lowest BCUT2D eigenvalue weighted by Gasteiger charge is -2.09. The van der Waals surface area contributed by atoms with Crippen LogP contribution in [-0.4, -0.2) is 30.2 Å². The highest BCUT2D eigenvalue weighted by atomic mass is 32.1. The van der Waals surface area contributed by atoms with E-state index in [4.69, 9.17) is 0 Å². The van der Waals surface area contributed by atoms with Gasteiger partial charge in [0.25, 0.3) is 0 Å². The topological polar surface area (TPSA) is 77.5 Å². The summed E-state index contributed by atoms with van der Waals surface area (Å²) in [6.07, 6.45) is 0. The maximum atomic E-state index is 11.8. The van der Waals surface area contributed by atoms with Crippen LogP contribution in [0, 0.1) is 0 Å². The Kier molecular flexibility index (Phi) is 5.74. The van der Waals surface area contributed by atoms with Crippen molar-refractivity contribution in [3.63, 3.8) is 0 Å². The minimum atomic E-state index is -0.257. The molecule has 0 unspecified atom stereocenters. The van der Waals surface area contributed by atoms with Crippen LogP contribution in [0.3, 0.4) is 0 Å². The van der Waals surface area contributed by atoms with Gasteiger partial charge in [0.1, 0.15) is 0 Å². The van der Waals surface area contributed by atoms with E-state index in [0.717, 1.165) is 22.0 Å². The number of benzene rings is 1. The maximum Gasteiger partial charge on any atom is 0.315 e. The number of amides is 2. The van der Waals surface area contributed by atoms with Crippen molar-refractivity contribution in [1.29, 1.82) is 0 Å². The Labute approximate surface area is 133 Å². The van der Waals surface area contributed by atoms with Crippen molar-refractivity contribution in [2.75, 3.05) is 19.0 Å². The first-order valence-corrected chi connectivity index (χ1v) is 7.79. The number of hydrogen-bond donors (Lipinski definition) is 3. The maximum absolute atomic E-state index is 11.8. The van der Waals surface area contributed by atoms with Gasteiger partial charge in [-0.2, -0.15) is 0 Å². The molecule has 0 fully saturated rings. The van der Waals surface area contributed by atoms with Gasteiger partial charge in [-0.1, -0.05) is 24.3 Å². The number of carbonyl (C=O) groups excluding carboxylic acids is 1. The van der Waals surface area contributed by atoms with Crippen LogP contribution in [0.2, 0.25) is 0 Å². The fraction of sp³-hybridized carbons (Fsp3) is 0.333. The number of carbonyl (C=O) groups is 1. The minimum Gasteiger partial charge on any atom is -0.392 e. The predicted octanol–water partition coefficient (Wildman–Crippen LogP) is 1.70. The fourth-order valence-electron chi connectivity index (χ4n) is 1.88. The normalized spacial score (nSPS) is 10.3. The fourth-order valence-corrected chi connectivity index (χ4v) is 2.63. The van der Waals surface area contributed by atoms with E-state index in [9.17, 15) is 9.90 Å². The van der Waals surface area contributed by atoms with Gasteiger partial charge >= 0.3 is 6.03 Å². The van der Waals surface area contributed by atoms with Gasteiger partial charge < -0.3 is 20.6 Å². The SMILES string of the molecule is CN(C)c1nc(CNC(=O)NCc2ccccc2CO)cs1. The van der Waals surface area contributed by atoms with Crippen LogP contribution in [0.4, 0.5) is 9.93 Å². The Morgan fingerprint density at radius 3 is 2.55 bits per heavy atom. The summed E-state index contributed by atoms with van der Waals surface area (Å²) in [5.41, 5.74) is 2.56. The Morgan fingerprint density at radius 1 is 1.23 bits per heavy atom. The van der Waals surface area contributed by atoms with Gasteiger partial charge in [-0.3, -0.25) is 0 Å². The summed E-state index contributed by atoms with van der Waals surface area (Å²) in [6, 6.07) is 7.21. The molecule has 2 amide bonds. The molecule has 7 heteroatoms. The lowest BCUT2D eigenvalue weighted by molar-refractivity contribution is 0.239. The largest absolute Gasteiger partial charge is 0.392 e. The van der Waals surface area contributed by atoms with Crippen LogP contribution < -0.4 is 15.5 Å². The molecule has 0 aliphatic heterocycles. The van der Waals surface area contributed by atoms with Crippen molar-refractivity contribution in [3.8, 4) is 0 Å². The van der Waals surface area contributed by atoms with Crippen LogP contribution in [0.5, 0.6) is 0 Å². The highest BCUT2D eigenvalue weighted by Gasteiger charge is 2.06. The Hall–Kier alpha value is -2.12. The smallest absolute Gasteiger partial charge is 0.315 e. The van der Waals surface area contributed by atoms with Crippen molar-refractivity contribution in [2.45, 2.75) is 19.7 Å². The van der Waals surface area contributed by atoms with Crippen LogP contribution in [0.1, 0.15) is 16.8 Å². The van der Waals surface area contributed by atoms with Gasteiger partial charge in [0.15, 0.2) is 5.13 Å². The molecule has 0 aliphatic carbocycles. The molecule has 0 spiro atoms. The van der Waals surface area contributed by atoms with E-state index in [1.807, 2.05) is 48.6 Å². The summed E-state index contributed by atoms with van der Waals surface area (Å²) in [6.45, 7) is 0.728. The number of aliphatic hydroxyl groups excluding tert-OH is 1. The molecule has 0 atom stereocenters. The molecule has 118 valence electrons. The summed E-state index contributed by atoms with van der Waals surface area (Å²) >= 11 is 1.54. The van der Waals surface area contributed by atoms with Gasteiger partial charge in [0, 0.05) is 26.0 Å². The standard InChI is InChI=1S/C15H20N4O2S/c1-19(2)15-18-13(10-22-15)8-17-14(21)16-7-11-5-3-4-6-12(11)9-20/h3-6,10,20H,7-9H2,1-2H3,(H2,16,17,21). The number of anilines is 1. The quantitative estimate of drug-likeness (QED) is 0.757. The summed E-state index contributed by atoms with van der Waals surface area (Å²) in [5.74, 6) is 0. The first kappa shape index (κ1) is 16.3. The molecule has 0 saturated heterocycles. The minimum absolute atomic E-state index is 0.0361. The van der Waals surface area contributed by atoms with Crippen molar-refractivity contribution in [3.05, 3.63) is 46.5 Å². The summed E-state index contributed by atoms with van der Waals surface area (Å²) < 4.78 is 0. The monoisotopic (exact) mass is 320 g/mol. The molecular formula is C15H20N4O2S. The predicted molar refractivity (Wildman–Crippen MR) is 87.9 cm³/mol. The van der Waals surface area contributed by atoms with Crippen LogP contribution in [0.25, 0.3) is 0 Å². The zero-order chi connectivity index (χ0) is 15.9.